The van der Waals surface area contributed by atoms with E-state index in [9.17, 15) is 24.0 Å². The van der Waals surface area contributed by atoms with E-state index >= 15 is 0 Å². The third-order valence-corrected chi connectivity index (χ3v) is 7.00. The Hall–Kier alpha value is -4.74. The number of hydrogen-bond donors (Lipinski definition) is 5. The molecular weight excluding hydrogens is 528 g/mol. The summed E-state index contributed by atoms with van der Waals surface area (Å²) in [6.45, 7) is 4.91. The van der Waals surface area contributed by atoms with E-state index in [1.807, 2.05) is 56.3 Å². The first-order chi connectivity index (χ1) is 19.4. The zero-order chi connectivity index (χ0) is 29.7. The van der Waals surface area contributed by atoms with Gasteiger partial charge in [0.2, 0.25) is 23.6 Å². The van der Waals surface area contributed by atoms with Crippen molar-refractivity contribution >= 4 is 40.3 Å². The molecule has 12 nitrogen and oxygen atoms in total. The first kappa shape index (κ1) is 29.2. The van der Waals surface area contributed by atoms with Gasteiger partial charge < -0.3 is 31.5 Å². The topological polar surface area (TPSA) is 186 Å². The van der Waals surface area contributed by atoms with E-state index in [1.54, 1.807) is 6.92 Å². The summed E-state index contributed by atoms with van der Waals surface area (Å²) in [5, 5.41) is 16.2. The van der Waals surface area contributed by atoms with E-state index < -0.39 is 53.7 Å². The summed E-state index contributed by atoms with van der Waals surface area (Å²) in [5.41, 5.74) is 5.90. The number of carbonyl (C=O) groups excluding carboxylic acids is 5. The molecule has 3 aromatic rings. The van der Waals surface area contributed by atoms with Crippen LogP contribution in [0.5, 0.6) is 0 Å². The summed E-state index contributed by atoms with van der Waals surface area (Å²) in [4.78, 5) is 63.1. The summed E-state index contributed by atoms with van der Waals surface area (Å²) in [5.74, 6) is -2.94. The van der Waals surface area contributed by atoms with Crippen LogP contribution in [0.2, 0.25) is 0 Å². The van der Waals surface area contributed by atoms with Gasteiger partial charge in [0, 0.05) is 23.9 Å². The van der Waals surface area contributed by atoms with Crippen molar-refractivity contribution in [2.24, 2.45) is 11.7 Å². The number of nitrogens with two attached hydrogens (primary N) is 1. The molecule has 0 radical (unpaired) electrons. The van der Waals surface area contributed by atoms with Crippen LogP contribution in [0.4, 0.5) is 0 Å². The Bertz CT molecular complexity index is 1480. The van der Waals surface area contributed by atoms with E-state index in [1.165, 1.54) is 6.07 Å². The number of nitrogens with zero attached hydrogens (tertiary/aromatic N) is 1. The van der Waals surface area contributed by atoms with Crippen LogP contribution in [-0.2, 0) is 25.6 Å². The van der Waals surface area contributed by atoms with E-state index in [0.29, 0.717) is 12.2 Å². The molecule has 216 valence electrons. The molecule has 0 spiro atoms. The van der Waals surface area contributed by atoms with Gasteiger partial charge in [0.1, 0.15) is 17.8 Å². The van der Waals surface area contributed by atoms with Crippen LogP contribution in [0.15, 0.2) is 53.1 Å². The zero-order valence-corrected chi connectivity index (χ0v) is 23.2. The van der Waals surface area contributed by atoms with Crippen LogP contribution < -0.4 is 27.0 Å². The summed E-state index contributed by atoms with van der Waals surface area (Å²) in [6, 6.07) is 12.6. The Morgan fingerprint density at radius 2 is 1.83 bits per heavy atom. The molecule has 0 saturated carbocycles. The van der Waals surface area contributed by atoms with Crippen molar-refractivity contribution in [1.29, 1.82) is 0 Å². The molecule has 1 saturated heterocycles. The van der Waals surface area contributed by atoms with Crippen LogP contribution in [0.3, 0.4) is 0 Å². The highest BCUT2D eigenvalue weighted by Gasteiger charge is 2.39. The van der Waals surface area contributed by atoms with E-state index in [4.69, 9.17) is 10.3 Å². The minimum absolute atomic E-state index is 0.0133. The number of benzene rings is 2. The van der Waals surface area contributed by atoms with Crippen LogP contribution in [-0.4, -0.2) is 58.9 Å². The van der Waals surface area contributed by atoms with Crippen LogP contribution in [0.1, 0.15) is 48.5 Å². The Labute approximate surface area is 236 Å². The maximum absolute atomic E-state index is 13.3. The summed E-state index contributed by atoms with van der Waals surface area (Å²) < 4.78 is 4.98. The SMILES string of the molecule is Cc1cc(C(=O)NC(Cc2cccc3ccccc23)C(=O)NCC(=O)NC(CC2CC(C)(C)NC2=O)C(N)=O)no1. The van der Waals surface area contributed by atoms with E-state index in [2.05, 4.69) is 26.4 Å². The Kier molecular flexibility index (Phi) is 8.70. The molecule has 5 amide bonds. The van der Waals surface area contributed by atoms with Crippen LogP contribution in [0, 0.1) is 12.8 Å². The minimum atomic E-state index is -1.09. The average Bonchev–Trinajstić information content (AvgIpc) is 3.47. The molecule has 0 bridgehead atoms. The highest BCUT2D eigenvalue weighted by molar-refractivity contribution is 5.97. The van der Waals surface area contributed by atoms with Crippen LogP contribution >= 0.6 is 0 Å². The monoisotopic (exact) mass is 562 g/mol. The molecule has 3 atom stereocenters. The van der Waals surface area contributed by atoms with Gasteiger partial charge in [-0.05, 0) is 49.9 Å². The second kappa shape index (κ2) is 12.2. The van der Waals surface area contributed by atoms with Gasteiger partial charge in [-0.1, -0.05) is 47.6 Å². The number of aromatic nitrogens is 1. The lowest BCUT2D eigenvalue weighted by Gasteiger charge is -2.21. The minimum Gasteiger partial charge on any atom is -0.368 e. The third kappa shape index (κ3) is 7.47. The lowest BCUT2D eigenvalue weighted by Crippen LogP contribution is -2.52. The molecule has 2 aromatic carbocycles. The second-order valence-electron chi connectivity index (χ2n) is 10.9. The summed E-state index contributed by atoms with van der Waals surface area (Å²) in [6.07, 6.45) is 0.665. The predicted octanol–water partition coefficient (Wildman–Crippen LogP) is 0.868. The van der Waals surface area contributed by atoms with E-state index in [-0.39, 0.29) is 24.4 Å². The fourth-order valence-corrected chi connectivity index (χ4v) is 5.06. The van der Waals surface area contributed by atoms with Gasteiger partial charge in [-0.25, -0.2) is 0 Å². The van der Waals surface area contributed by atoms with Crippen molar-refractivity contribution in [1.82, 2.24) is 26.4 Å². The van der Waals surface area contributed by atoms with Crippen LogP contribution in [0.25, 0.3) is 10.8 Å². The molecule has 1 aliphatic rings. The zero-order valence-electron chi connectivity index (χ0n) is 23.2. The summed E-state index contributed by atoms with van der Waals surface area (Å²) in [7, 11) is 0. The maximum atomic E-state index is 13.3. The predicted molar refractivity (Wildman–Crippen MR) is 149 cm³/mol. The van der Waals surface area contributed by atoms with Gasteiger partial charge in [-0.2, -0.15) is 0 Å². The Morgan fingerprint density at radius 1 is 1.10 bits per heavy atom. The molecule has 1 aliphatic heterocycles. The first-order valence-corrected chi connectivity index (χ1v) is 13.3. The first-order valence-electron chi connectivity index (χ1n) is 13.3. The third-order valence-electron chi connectivity index (χ3n) is 7.00. The largest absolute Gasteiger partial charge is 0.368 e. The molecule has 0 aliphatic carbocycles. The summed E-state index contributed by atoms with van der Waals surface area (Å²) >= 11 is 0. The number of carbonyl (C=O) groups is 5. The molecular formula is C29H34N6O6. The Morgan fingerprint density at radius 3 is 2.49 bits per heavy atom. The van der Waals surface area contributed by atoms with Gasteiger partial charge in [0.05, 0.1) is 6.54 Å². The van der Waals surface area contributed by atoms with Gasteiger partial charge in [0.25, 0.3) is 5.91 Å². The van der Waals surface area contributed by atoms with Gasteiger partial charge in [-0.3, -0.25) is 24.0 Å². The van der Waals surface area contributed by atoms with Crippen molar-refractivity contribution in [3.63, 3.8) is 0 Å². The number of fused-ring (bicyclic) bond motifs is 1. The number of nitrogens with one attached hydrogen (secondary N) is 4. The number of amides is 5. The fraction of sp³-hybridized carbons (Fsp3) is 0.379. The molecule has 6 N–H and O–H groups in total. The average molecular weight is 563 g/mol. The Balaban J connectivity index is 1.43. The highest BCUT2D eigenvalue weighted by atomic mass is 16.5. The number of rotatable bonds is 11. The lowest BCUT2D eigenvalue weighted by atomic mass is 9.91. The molecule has 12 heteroatoms. The van der Waals surface area contributed by atoms with Crippen molar-refractivity contribution in [2.75, 3.05) is 6.54 Å². The van der Waals surface area contributed by atoms with Gasteiger partial charge in [0.15, 0.2) is 5.69 Å². The van der Waals surface area contributed by atoms with Gasteiger partial charge in [-0.15, -0.1) is 0 Å². The fourth-order valence-electron chi connectivity index (χ4n) is 5.06. The number of hydrogen-bond acceptors (Lipinski definition) is 7. The highest BCUT2D eigenvalue weighted by Crippen LogP contribution is 2.27. The van der Waals surface area contributed by atoms with Crippen molar-refractivity contribution in [2.45, 2.75) is 57.7 Å². The number of primary amides is 1. The standard InChI is InChI=1S/C29H34N6O6/c1-16-11-23(35-41-16)28(40)33-22(12-18-9-6-8-17-7-4-5-10-20(17)18)27(39)31-15-24(36)32-21(25(30)37)13-19-14-29(2,3)34-26(19)38/h4-11,19,21-22H,12-15H2,1-3H3,(H2,30,37)(H,31,39)(H,32,36)(H,33,40)(H,34,38). The smallest absolute Gasteiger partial charge is 0.274 e. The van der Waals surface area contributed by atoms with Crippen molar-refractivity contribution < 1.29 is 28.5 Å². The van der Waals surface area contributed by atoms with Crippen molar-refractivity contribution in [3.05, 3.63) is 65.5 Å². The molecule has 2 heterocycles. The second-order valence-corrected chi connectivity index (χ2v) is 10.9. The van der Waals surface area contributed by atoms with E-state index in [0.717, 1.165) is 16.3 Å². The maximum Gasteiger partial charge on any atom is 0.274 e. The normalized spacial score (nSPS) is 17.3. The lowest BCUT2D eigenvalue weighted by molar-refractivity contribution is -0.130. The molecule has 3 unspecified atom stereocenters. The van der Waals surface area contributed by atoms with Gasteiger partial charge >= 0.3 is 0 Å². The number of aryl methyl sites for hydroxylation is 1. The van der Waals surface area contributed by atoms with Crippen molar-refractivity contribution in [3.8, 4) is 0 Å². The molecule has 1 aromatic heterocycles. The quantitative estimate of drug-likeness (QED) is 0.229. The molecule has 1 fully saturated rings. The molecule has 41 heavy (non-hydrogen) atoms. The molecule has 4 rings (SSSR count).